The van der Waals surface area contributed by atoms with Gasteiger partial charge >= 0.3 is 0 Å². The van der Waals surface area contributed by atoms with Crippen LogP contribution in [0.3, 0.4) is 0 Å². The van der Waals surface area contributed by atoms with Crippen molar-refractivity contribution in [3.8, 4) is 5.75 Å². The first kappa shape index (κ1) is 16.3. The van der Waals surface area contributed by atoms with Crippen LogP contribution >= 0.6 is 0 Å². The average Bonchev–Trinajstić information content (AvgIpc) is 2.95. The highest BCUT2D eigenvalue weighted by molar-refractivity contribution is 5.43. The van der Waals surface area contributed by atoms with Gasteiger partial charge in [-0.15, -0.1) is 0 Å². The summed E-state index contributed by atoms with van der Waals surface area (Å²) in [7, 11) is 1.74. The van der Waals surface area contributed by atoms with E-state index in [-0.39, 0.29) is 0 Å². The number of ether oxygens (including phenoxy) is 2. The highest BCUT2D eigenvalue weighted by Crippen LogP contribution is 2.37. The van der Waals surface area contributed by atoms with Crippen LogP contribution in [0.2, 0.25) is 0 Å². The maximum Gasteiger partial charge on any atom is 0.122 e. The summed E-state index contributed by atoms with van der Waals surface area (Å²) in [4.78, 5) is 0. The fourth-order valence-corrected chi connectivity index (χ4v) is 3.55. The third kappa shape index (κ3) is 3.41. The van der Waals surface area contributed by atoms with Crippen LogP contribution < -0.4 is 10.1 Å². The second-order valence-electron chi connectivity index (χ2n) is 5.98. The third-order valence-corrected chi connectivity index (χ3v) is 4.63. The van der Waals surface area contributed by atoms with Crippen molar-refractivity contribution in [2.45, 2.75) is 52.7 Å². The first-order chi connectivity index (χ1) is 10.1. The lowest BCUT2D eigenvalue weighted by Gasteiger charge is -2.30. The molecule has 0 saturated carbocycles. The van der Waals surface area contributed by atoms with Crippen molar-refractivity contribution in [3.05, 3.63) is 28.8 Å². The quantitative estimate of drug-likeness (QED) is 0.865. The molecule has 1 aliphatic rings. The molecule has 0 aromatic heterocycles. The summed E-state index contributed by atoms with van der Waals surface area (Å²) in [6.45, 7) is 10.6. The molecule has 0 spiro atoms. The summed E-state index contributed by atoms with van der Waals surface area (Å²) in [5.41, 5.74) is 3.89. The molecular formula is C18H29NO2. The van der Waals surface area contributed by atoms with Crippen molar-refractivity contribution in [2.24, 2.45) is 5.92 Å². The molecule has 1 aliphatic heterocycles. The Bertz CT molecular complexity index is 473. The number of aryl methyl sites for hydroxylation is 2. The summed E-state index contributed by atoms with van der Waals surface area (Å²) >= 11 is 0. The van der Waals surface area contributed by atoms with Crippen molar-refractivity contribution in [1.29, 1.82) is 0 Å². The summed E-state index contributed by atoms with van der Waals surface area (Å²) in [5, 5.41) is 3.69. The number of hydrogen-bond acceptors (Lipinski definition) is 3. The molecule has 3 heteroatoms. The van der Waals surface area contributed by atoms with Crippen molar-refractivity contribution in [3.63, 3.8) is 0 Å². The zero-order valence-electron chi connectivity index (χ0n) is 14.0. The standard InChI is InChI=1S/C18H29NO2/c1-6-16-14(8-9-21-16)18(19-7-2)15-10-13(4)17(20-5)11-12(15)3/h10-11,14,16,18-19H,6-9H2,1-5H3. The molecule has 1 heterocycles. The lowest BCUT2D eigenvalue weighted by Crippen LogP contribution is -2.33. The molecule has 3 unspecified atom stereocenters. The number of nitrogens with one attached hydrogen (secondary N) is 1. The molecule has 1 N–H and O–H groups in total. The number of benzene rings is 1. The molecule has 1 aromatic carbocycles. The van der Waals surface area contributed by atoms with E-state index in [9.17, 15) is 0 Å². The van der Waals surface area contributed by atoms with Crippen LogP contribution in [0.4, 0.5) is 0 Å². The van der Waals surface area contributed by atoms with Crippen LogP contribution in [0.15, 0.2) is 12.1 Å². The van der Waals surface area contributed by atoms with Gasteiger partial charge in [0.25, 0.3) is 0 Å². The molecular weight excluding hydrogens is 262 g/mol. The van der Waals surface area contributed by atoms with Crippen LogP contribution in [0, 0.1) is 19.8 Å². The van der Waals surface area contributed by atoms with Gasteiger partial charge < -0.3 is 14.8 Å². The molecule has 0 amide bonds. The topological polar surface area (TPSA) is 30.5 Å². The number of methoxy groups -OCH3 is 1. The Kier molecular flexibility index (Phi) is 5.65. The van der Waals surface area contributed by atoms with Gasteiger partial charge in [0.1, 0.15) is 5.75 Å². The molecule has 0 aliphatic carbocycles. The largest absolute Gasteiger partial charge is 0.496 e. The zero-order valence-corrected chi connectivity index (χ0v) is 14.0. The van der Waals surface area contributed by atoms with E-state index >= 15 is 0 Å². The van der Waals surface area contributed by atoms with E-state index in [4.69, 9.17) is 9.47 Å². The molecule has 21 heavy (non-hydrogen) atoms. The molecule has 118 valence electrons. The fraction of sp³-hybridized carbons (Fsp3) is 0.667. The monoisotopic (exact) mass is 291 g/mol. The van der Waals surface area contributed by atoms with Crippen LogP contribution in [0.5, 0.6) is 5.75 Å². The van der Waals surface area contributed by atoms with Gasteiger partial charge in [-0.25, -0.2) is 0 Å². The average molecular weight is 291 g/mol. The van der Waals surface area contributed by atoms with E-state index in [2.05, 4.69) is 45.1 Å². The van der Waals surface area contributed by atoms with E-state index in [1.165, 1.54) is 16.7 Å². The van der Waals surface area contributed by atoms with E-state index in [0.29, 0.717) is 18.1 Å². The van der Waals surface area contributed by atoms with Gasteiger partial charge in [0, 0.05) is 18.6 Å². The van der Waals surface area contributed by atoms with Gasteiger partial charge in [-0.3, -0.25) is 0 Å². The second kappa shape index (κ2) is 7.28. The van der Waals surface area contributed by atoms with E-state index in [1.54, 1.807) is 7.11 Å². The summed E-state index contributed by atoms with van der Waals surface area (Å²) in [5.74, 6) is 1.53. The van der Waals surface area contributed by atoms with Crippen molar-refractivity contribution in [1.82, 2.24) is 5.32 Å². The van der Waals surface area contributed by atoms with Gasteiger partial charge in [-0.05, 0) is 56.0 Å². The second-order valence-corrected chi connectivity index (χ2v) is 5.98. The van der Waals surface area contributed by atoms with Crippen LogP contribution in [-0.2, 0) is 4.74 Å². The predicted octanol–water partition coefficient (Wildman–Crippen LogP) is 3.78. The van der Waals surface area contributed by atoms with E-state index in [0.717, 1.165) is 31.7 Å². The Balaban J connectivity index is 2.36. The smallest absolute Gasteiger partial charge is 0.122 e. The lowest BCUT2D eigenvalue weighted by molar-refractivity contribution is 0.0775. The Hall–Kier alpha value is -1.06. The number of hydrogen-bond donors (Lipinski definition) is 1. The van der Waals surface area contributed by atoms with Crippen LogP contribution in [-0.4, -0.2) is 26.4 Å². The Labute approximate surface area is 129 Å². The van der Waals surface area contributed by atoms with Crippen molar-refractivity contribution < 1.29 is 9.47 Å². The van der Waals surface area contributed by atoms with Crippen molar-refractivity contribution >= 4 is 0 Å². The lowest BCUT2D eigenvalue weighted by atomic mass is 9.84. The molecule has 1 aromatic rings. The van der Waals surface area contributed by atoms with E-state index in [1.807, 2.05) is 0 Å². The number of rotatable bonds is 6. The van der Waals surface area contributed by atoms with Gasteiger partial charge in [0.2, 0.25) is 0 Å². The highest BCUT2D eigenvalue weighted by atomic mass is 16.5. The zero-order chi connectivity index (χ0) is 15.4. The Morgan fingerprint density at radius 2 is 2.05 bits per heavy atom. The Morgan fingerprint density at radius 3 is 2.67 bits per heavy atom. The van der Waals surface area contributed by atoms with Crippen LogP contribution in [0.1, 0.15) is 49.4 Å². The molecule has 1 fully saturated rings. The predicted molar refractivity (Wildman–Crippen MR) is 87.0 cm³/mol. The fourth-order valence-electron chi connectivity index (χ4n) is 3.55. The summed E-state index contributed by atoms with van der Waals surface area (Å²) in [6, 6.07) is 4.81. The first-order valence-electron chi connectivity index (χ1n) is 8.12. The minimum absolute atomic E-state index is 0.368. The molecule has 3 atom stereocenters. The summed E-state index contributed by atoms with van der Waals surface area (Å²) in [6.07, 6.45) is 2.59. The highest BCUT2D eigenvalue weighted by Gasteiger charge is 2.34. The maximum atomic E-state index is 5.91. The van der Waals surface area contributed by atoms with Gasteiger partial charge in [-0.1, -0.05) is 19.9 Å². The minimum atomic E-state index is 0.368. The SMILES string of the molecule is CCNC(c1cc(C)c(OC)cc1C)C1CCOC1CC. The Morgan fingerprint density at radius 1 is 1.29 bits per heavy atom. The molecule has 0 radical (unpaired) electrons. The molecule has 1 saturated heterocycles. The van der Waals surface area contributed by atoms with Crippen molar-refractivity contribution in [2.75, 3.05) is 20.3 Å². The third-order valence-electron chi connectivity index (χ3n) is 4.63. The normalized spacial score (nSPS) is 23.3. The van der Waals surface area contributed by atoms with E-state index < -0.39 is 0 Å². The van der Waals surface area contributed by atoms with Crippen LogP contribution in [0.25, 0.3) is 0 Å². The minimum Gasteiger partial charge on any atom is -0.496 e. The van der Waals surface area contributed by atoms with Gasteiger partial charge in [0.15, 0.2) is 0 Å². The molecule has 3 nitrogen and oxygen atoms in total. The molecule has 2 rings (SSSR count). The van der Waals surface area contributed by atoms with Gasteiger partial charge in [0.05, 0.1) is 13.2 Å². The summed E-state index contributed by atoms with van der Waals surface area (Å²) < 4.78 is 11.4. The molecule has 0 bridgehead atoms. The van der Waals surface area contributed by atoms with Gasteiger partial charge in [-0.2, -0.15) is 0 Å². The first-order valence-corrected chi connectivity index (χ1v) is 8.12. The maximum absolute atomic E-state index is 5.91.